The number of hydrogen-bond acceptors (Lipinski definition) is 5. The molecule has 0 spiro atoms. The fourth-order valence-corrected chi connectivity index (χ4v) is 5.91. The molecule has 0 bridgehead atoms. The predicted octanol–water partition coefficient (Wildman–Crippen LogP) is 5.27. The Morgan fingerprint density at radius 3 is 2.23 bits per heavy atom. The van der Waals surface area contributed by atoms with Crippen LogP contribution in [0.4, 0.5) is 5.69 Å². The number of ether oxygens (including phenoxy) is 1. The molecule has 0 fully saturated rings. The van der Waals surface area contributed by atoms with E-state index < -0.39 is 28.5 Å². The lowest BCUT2D eigenvalue weighted by atomic mass is 10.1. The van der Waals surface area contributed by atoms with Crippen LogP contribution >= 0.6 is 11.6 Å². The zero-order valence-corrected chi connectivity index (χ0v) is 24.6. The minimum atomic E-state index is -4.19. The first-order valence-corrected chi connectivity index (χ1v) is 15.2. The highest BCUT2D eigenvalue weighted by molar-refractivity contribution is 7.92. The third-order valence-electron chi connectivity index (χ3n) is 6.28. The average molecular weight is 586 g/mol. The van der Waals surface area contributed by atoms with E-state index in [-0.39, 0.29) is 23.0 Å². The van der Waals surface area contributed by atoms with Crippen molar-refractivity contribution in [3.63, 3.8) is 0 Å². The second-order valence-electron chi connectivity index (χ2n) is 9.05. The van der Waals surface area contributed by atoms with Crippen molar-refractivity contribution in [3.8, 4) is 5.75 Å². The first kappa shape index (κ1) is 31.0. The number of para-hydroxylation sites is 2. The van der Waals surface area contributed by atoms with E-state index in [9.17, 15) is 18.0 Å². The van der Waals surface area contributed by atoms with E-state index in [0.717, 1.165) is 10.7 Å². The number of anilines is 1. The molecule has 0 saturated heterocycles. The molecule has 2 amide bonds. The smallest absolute Gasteiger partial charge is 0.264 e. The Kier molecular flexibility index (Phi) is 11.4. The maximum atomic E-state index is 14.1. The molecule has 0 aliphatic heterocycles. The van der Waals surface area contributed by atoms with Gasteiger partial charge in [0.25, 0.3) is 10.0 Å². The molecule has 0 saturated carbocycles. The molecular formula is C30H36ClN3O5S. The molecule has 40 heavy (non-hydrogen) atoms. The standard InChI is InChI=1S/C30H36ClN3O5S/c1-4-20-32-30(36)26(5-2)33(21-23-14-10-11-17-25(23)31)29(35)22-34(27-18-12-13-19-28(27)39-6-3)40(37,38)24-15-8-7-9-16-24/h7-19,26H,4-6,20-22H2,1-3H3,(H,32,36)/t26-/m1/s1. The highest BCUT2D eigenvalue weighted by Gasteiger charge is 2.34. The van der Waals surface area contributed by atoms with Crippen LogP contribution in [-0.2, 0) is 26.2 Å². The molecule has 0 heterocycles. The summed E-state index contributed by atoms with van der Waals surface area (Å²) in [6.45, 7) is 5.79. The topological polar surface area (TPSA) is 96.0 Å². The number of sulfonamides is 1. The van der Waals surface area contributed by atoms with Crippen molar-refractivity contribution in [2.24, 2.45) is 0 Å². The summed E-state index contributed by atoms with van der Waals surface area (Å²) in [5.74, 6) is -0.538. The van der Waals surface area contributed by atoms with Gasteiger partial charge in [-0.1, -0.05) is 74.0 Å². The van der Waals surface area contributed by atoms with Crippen LogP contribution in [0.15, 0.2) is 83.8 Å². The average Bonchev–Trinajstić information content (AvgIpc) is 2.96. The van der Waals surface area contributed by atoms with Crippen LogP contribution in [0.25, 0.3) is 0 Å². The number of nitrogens with zero attached hydrogens (tertiary/aromatic N) is 2. The summed E-state index contributed by atoms with van der Waals surface area (Å²) in [4.78, 5) is 28.7. The maximum absolute atomic E-state index is 14.1. The lowest BCUT2D eigenvalue weighted by Crippen LogP contribution is -2.52. The number of amides is 2. The Labute approximate surface area is 241 Å². The number of carbonyl (C=O) groups excluding carboxylic acids is 2. The van der Waals surface area contributed by atoms with Crippen LogP contribution < -0.4 is 14.4 Å². The summed E-state index contributed by atoms with van der Waals surface area (Å²) in [5.41, 5.74) is 0.870. The minimum absolute atomic E-state index is 0.0273. The first-order chi connectivity index (χ1) is 19.2. The summed E-state index contributed by atoms with van der Waals surface area (Å²) in [6, 6.07) is 20.8. The van der Waals surface area contributed by atoms with Crippen LogP contribution in [-0.4, -0.2) is 50.9 Å². The molecular weight excluding hydrogens is 550 g/mol. The van der Waals surface area contributed by atoms with E-state index in [1.165, 1.54) is 17.0 Å². The number of carbonyl (C=O) groups is 2. The molecule has 3 aromatic carbocycles. The normalized spacial score (nSPS) is 11.9. The van der Waals surface area contributed by atoms with Crippen molar-refractivity contribution in [2.75, 3.05) is 24.0 Å². The third-order valence-corrected chi connectivity index (χ3v) is 8.42. The van der Waals surface area contributed by atoms with Gasteiger partial charge in [0.2, 0.25) is 11.8 Å². The molecule has 0 unspecified atom stereocenters. The van der Waals surface area contributed by atoms with E-state index in [0.29, 0.717) is 35.9 Å². The van der Waals surface area contributed by atoms with Gasteiger partial charge >= 0.3 is 0 Å². The van der Waals surface area contributed by atoms with Crippen LogP contribution in [0.3, 0.4) is 0 Å². The fraction of sp³-hybridized carbons (Fsp3) is 0.333. The van der Waals surface area contributed by atoms with Crippen molar-refractivity contribution < 1.29 is 22.7 Å². The summed E-state index contributed by atoms with van der Waals surface area (Å²) in [7, 11) is -4.19. The Morgan fingerprint density at radius 2 is 1.57 bits per heavy atom. The molecule has 8 nitrogen and oxygen atoms in total. The SMILES string of the molecule is CCCNC(=O)[C@@H](CC)N(Cc1ccccc1Cl)C(=O)CN(c1ccccc1OCC)S(=O)(=O)c1ccccc1. The number of hydrogen-bond donors (Lipinski definition) is 1. The van der Waals surface area contributed by atoms with Gasteiger partial charge in [0, 0.05) is 18.1 Å². The molecule has 214 valence electrons. The van der Waals surface area contributed by atoms with Gasteiger partial charge in [-0.2, -0.15) is 0 Å². The predicted molar refractivity (Wildman–Crippen MR) is 158 cm³/mol. The van der Waals surface area contributed by atoms with Gasteiger partial charge in [0.15, 0.2) is 0 Å². The largest absolute Gasteiger partial charge is 0.492 e. The van der Waals surface area contributed by atoms with E-state index >= 15 is 0 Å². The quantitative estimate of drug-likeness (QED) is 0.278. The van der Waals surface area contributed by atoms with Crippen molar-refractivity contribution in [3.05, 3.63) is 89.4 Å². The zero-order chi connectivity index (χ0) is 29.1. The first-order valence-electron chi connectivity index (χ1n) is 13.3. The lowest BCUT2D eigenvalue weighted by Gasteiger charge is -2.33. The van der Waals surface area contributed by atoms with Crippen LogP contribution in [0.2, 0.25) is 5.02 Å². The van der Waals surface area contributed by atoms with Crippen molar-refractivity contribution in [1.29, 1.82) is 0 Å². The van der Waals surface area contributed by atoms with E-state index in [1.807, 2.05) is 13.8 Å². The van der Waals surface area contributed by atoms with Gasteiger partial charge in [-0.25, -0.2) is 8.42 Å². The monoisotopic (exact) mass is 585 g/mol. The molecule has 0 radical (unpaired) electrons. The molecule has 1 N–H and O–H groups in total. The number of rotatable bonds is 14. The van der Waals surface area contributed by atoms with Gasteiger partial charge in [0.05, 0.1) is 17.2 Å². The Bertz CT molecular complexity index is 1380. The van der Waals surface area contributed by atoms with Crippen LogP contribution in [0.5, 0.6) is 5.75 Å². The van der Waals surface area contributed by atoms with E-state index in [4.69, 9.17) is 16.3 Å². The summed E-state index contributed by atoms with van der Waals surface area (Å²) >= 11 is 6.43. The van der Waals surface area contributed by atoms with Gasteiger partial charge in [-0.05, 0) is 55.7 Å². The Morgan fingerprint density at radius 1 is 0.925 bits per heavy atom. The van der Waals surface area contributed by atoms with E-state index in [2.05, 4.69) is 5.32 Å². The maximum Gasteiger partial charge on any atom is 0.264 e. The third kappa shape index (κ3) is 7.55. The number of halogens is 1. The Balaban J connectivity index is 2.10. The molecule has 3 aromatic rings. The van der Waals surface area contributed by atoms with E-state index in [1.54, 1.807) is 73.7 Å². The molecule has 1 atom stereocenters. The highest BCUT2D eigenvalue weighted by atomic mass is 35.5. The van der Waals surface area contributed by atoms with Crippen molar-refractivity contribution >= 4 is 39.1 Å². The minimum Gasteiger partial charge on any atom is -0.492 e. The van der Waals surface area contributed by atoms with Crippen LogP contribution in [0, 0.1) is 0 Å². The summed E-state index contributed by atoms with van der Waals surface area (Å²) < 4.78 is 34.7. The number of nitrogens with one attached hydrogen (secondary N) is 1. The number of benzene rings is 3. The van der Waals surface area contributed by atoms with Gasteiger partial charge < -0.3 is 15.0 Å². The Hall–Kier alpha value is -3.56. The van der Waals surface area contributed by atoms with Gasteiger partial charge in [0.1, 0.15) is 18.3 Å². The molecule has 3 rings (SSSR count). The molecule has 0 aliphatic carbocycles. The molecule has 0 aromatic heterocycles. The molecule has 0 aliphatic rings. The second kappa shape index (κ2) is 14.7. The van der Waals surface area contributed by atoms with Crippen molar-refractivity contribution in [2.45, 2.75) is 51.1 Å². The zero-order valence-electron chi connectivity index (χ0n) is 23.0. The van der Waals surface area contributed by atoms with Crippen LogP contribution in [0.1, 0.15) is 39.2 Å². The van der Waals surface area contributed by atoms with Crippen molar-refractivity contribution in [1.82, 2.24) is 10.2 Å². The summed E-state index contributed by atoms with van der Waals surface area (Å²) in [5, 5.41) is 3.31. The summed E-state index contributed by atoms with van der Waals surface area (Å²) in [6.07, 6.45) is 1.06. The lowest BCUT2D eigenvalue weighted by molar-refractivity contribution is -0.140. The van der Waals surface area contributed by atoms with Gasteiger partial charge in [-0.3, -0.25) is 13.9 Å². The second-order valence-corrected chi connectivity index (χ2v) is 11.3. The highest BCUT2D eigenvalue weighted by Crippen LogP contribution is 2.33. The molecule has 10 heteroatoms. The van der Waals surface area contributed by atoms with Gasteiger partial charge in [-0.15, -0.1) is 0 Å². The fourth-order valence-electron chi connectivity index (χ4n) is 4.27.